The van der Waals surface area contributed by atoms with Crippen LogP contribution in [0.5, 0.6) is 0 Å². The van der Waals surface area contributed by atoms with E-state index in [-0.39, 0.29) is 11.9 Å². The first-order valence-electron chi connectivity index (χ1n) is 8.13. The monoisotopic (exact) mass is 323 g/mol. The largest absolute Gasteiger partial charge is 0.465 e. The Morgan fingerprint density at radius 3 is 2.77 bits per heavy atom. The van der Waals surface area contributed by atoms with Gasteiger partial charge in [0.05, 0.1) is 12.7 Å². The molecule has 122 valence electrons. The summed E-state index contributed by atoms with van der Waals surface area (Å²) >= 11 is 1.55. The summed E-state index contributed by atoms with van der Waals surface area (Å²) in [5.41, 5.74) is 1.68. The van der Waals surface area contributed by atoms with Crippen molar-refractivity contribution in [3.8, 4) is 0 Å². The number of fused-ring (bicyclic) bond motifs is 1. The zero-order valence-corrected chi connectivity index (χ0v) is 14.5. The fraction of sp³-hybridized carbons (Fsp3) is 0.647. The third-order valence-corrected chi connectivity index (χ3v) is 5.51. The molecule has 0 unspecified atom stereocenters. The Labute approximate surface area is 136 Å². The maximum Gasteiger partial charge on any atom is 0.341 e. The number of amides is 1. The van der Waals surface area contributed by atoms with Crippen molar-refractivity contribution < 1.29 is 14.3 Å². The van der Waals surface area contributed by atoms with Crippen molar-refractivity contribution in [2.75, 3.05) is 12.4 Å². The lowest BCUT2D eigenvalue weighted by atomic mass is 9.85. The van der Waals surface area contributed by atoms with Gasteiger partial charge in [-0.25, -0.2) is 4.79 Å². The molecule has 5 heteroatoms. The number of methoxy groups -OCH3 is 1. The van der Waals surface area contributed by atoms with Crippen molar-refractivity contribution in [1.29, 1.82) is 0 Å². The van der Waals surface area contributed by atoms with Gasteiger partial charge >= 0.3 is 5.97 Å². The van der Waals surface area contributed by atoms with E-state index in [0.717, 1.165) is 44.1 Å². The van der Waals surface area contributed by atoms with Gasteiger partial charge in [-0.3, -0.25) is 4.79 Å². The third kappa shape index (κ3) is 3.69. The first-order chi connectivity index (χ1) is 10.6. The van der Waals surface area contributed by atoms with Crippen LogP contribution in [0, 0.1) is 5.92 Å². The molecule has 1 atom stereocenters. The van der Waals surface area contributed by atoms with Crippen LogP contribution in [0.2, 0.25) is 0 Å². The maximum absolute atomic E-state index is 12.1. The highest BCUT2D eigenvalue weighted by Gasteiger charge is 2.29. The number of carbonyl (C=O) groups excluding carboxylic acids is 2. The Morgan fingerprint density at radius 2 is 2.14 bits per heavy atom. The van der Waals surface area contributed by atoms with Crippen LogP contribution < -0.4 is 5.32 Å². The Kier molecular flexibility index (Phi) is 6.00. The molecule has 1 aliphatic rings. The number of anilines is 1. The molecule has 0 saturated carbocycles. The van der Waals surface area contributed by atoms with Crippen LogP contribution in [-0.2, 0) is 22.4 Å². The third-order valence-electron chi connectivity index (χ3n) is 4.34. The maximum atomic E-state index is 12.1. The summed E-state index contributed by atoms with van der Waals surface area (Å²) in [6.45, 7) is 4.26. The van der Waals surface area contributed by atoms with Crippen LogP contribution in [0.25, 0.3) is 0 Å². The van der Waals surface area contributed by atoms with Gasteiger partial charge in [0.1, 0.15) is 5.00 Å². The molecule has 1 amide bonds. The lowest BCUT2D eigenvalue weighted by molar-refractivity contribution is -0.116. The van der Waals surface area contributed by atoms with E-state index in [1.54, 1.807) is 11.3 Å². The van der Waals surface area contributed by atoms with Crippen LogP contribution in [-0.4, -0.2) is 19.0 Å². The highest BCUT2D eigenvalue weighted by molar-refractivity contribution is 7.17. The van der Waals surface area contributed by atoms with Crippen LogP contribution in [0.1, 0.15) is 66.8 Å². The van der Waals surface area contributed by atoms with E-state index < -0.39 is 0 Å². The summed E-state index contributed by atoms with van der Waals surface area (Å²) in [7, 11) is 1.40. The summed E-state index contributed by atoms with van der Waals surface area (Å²) in [6.07, 6.45) is 6.51. The summed E-state index contributed by atoms with van der Waals surface area (Å²) in [5, 5.41) is 3.61. The number of rotatable bonds is 6. The lowest BCUT2D eigenvalue weighted by Crippen LogP contribution is -2.16. The number of unbranched alkanes of at least 4 members (excludes halogenated alkanes) is 1. The number of nitrogens with one attached hydrogen (secondary N) is 1. The molecule has 1 heterocycles. The molecule has 0 aromatic carbocycles. The Balaban J connectivity index is 2.26. The molecule has 2 rings (SSSR count). The Morgan fingerprint density at radius 1 is 1.36 bits per heavy atom. The molecule has 1 aromatic heterocycles. The minimum absolute atomic E-state index is 0.0161. The van der Waals surface area contributed by atoms with Crippen molar-refractivity contribution in [2.24, 2.45) is 5.92 Å². The molecular weight excluding hydrogens is 298 g/mol. The summed E-state index contributed by atoms with van der Waals surface area (Å²) < 4.78 is 4.93. The predicted molar refractivity (Wildman–Crippen MR) is 89.6 cm³/mol. The van der Waals surface area contributed by atoms with Gasteiger partial charge in [-0.1, -0.05) is 26.7 Å². The number of thiophene rings is 1. The van der Waals surface area contributed by atoms with Crippen molar-refractivity contribution in [3.05, 3.63) is 16.0 Å². The molecule has 22 heavy (non-hydrogen) atoms. The fourth-order valence-corrected chi connectivity index (χ4v) is 4.30. The van der Waals surface area contributed by atoms with E-state index in [1.807, 2.05) is 0 Å². The van der Waals surface area contributed by atoms with E-state index >= 15 is 0 Å². The second kappa shape index (κ2) is 7.77. The highest BCUT2D eigenvalue weighted by Crippen LogP contribution is 2.40. The number of esters is 1. The van der Waals surface area contributed by atoms with Gasteiger partial charge in [0.2, 0.25) is 5.91 Å². The first-order valence-corrected chi connectivity index (χ1v) is 8.94. The van der Waals surface area contributed by atoms with Crippen LogP contribution in [0.4, 0.5) is 5.00 Å². The summed E-state index contributed by atoms with van der Waals surface area (Å²) in [5.74, 6) is 0.330. The summed E-state index contributed by atoms with van der Waals surface area (Å²) in [6, 6.07) is 0. The predicted octanol–water partition coefficient (Wildman–Crippen LogP) is 4.18. The molecule has 0 fully saturated rings. The molecule has 0 bridgehead atoms. The quantitative estimate of drug-likeness (QED) is 0.799. The molecule has 0 saturated heterocycles. The zero-order valence-electron chi connectivity index (χ0n) is 13.7. The normalized spacial score (nSPS) is 17.0. The van der Waals surface area contributed by atoms with Crippen LogP contribution in [0.15, 0.2) is 0 Å². The molecule has 1 aliphatic carbocycles. The number of carbonyl (C=O) groups is 2. The average molecular weight is 323 g/mol. The minimum atomic E-state index is -0.335. The SMILES string of the molecule is CCCCC(=O)Nc1sc2c(c1C(=O)OC)CC[C@@H](CC)C2. The molecule has 0 aliphatic heterocycles. The topological polar surface area (TPSA) is 55.4 Å². The smallest absolute Gasteiger partial charge is 0.341 e. The van der Waals surface area contributed by atoms with E-state index in [9.17, 15) is 9.59 Å². The zero-order chi connectivity index (χ0) is 16.1. The Bertz CT molecular complexity index is 550. The first kappa shape index (κ1) is 17.0. The molecule has 0 spiro atoms. The Hall–Kier alpha value is -1.36. The van der Waals surface area contributed by atoms with E-state index in [1.165, 1.54) is 12.0 Å². The lowest BCUT2D eigenvalue weighted by Gasteiger charge is -2.20. The van der Waals surface area contributed by atoms with Gasteiger partial charge < -0.3 is 10.1 Å². The van der Waals surface area contributed by atoms with E-state index in [4.69, 9.17) is 4.74 Å². The van der Waals surface area contributed by atoms with Gasteiger partial charge in [-0.2, -0.15) is 0 Å². The van der Waals surface area contributed by atoms with Crippen molar-refractivity contribution in [3.63, 3.8) is 0 Å². The van der Waals surface area contributed by atoms with Gasteiger partial charge in [-0.15, -0.1) is 11.3 Å². The summed E-state index contributed by atoms with van der Waals surface area (Å²) in [4.78, 5) is 25.4. The van der Waals surface area contributed by atoms with Gasteiger partial charge in [0.25, 0.3) is 0 Å². The number of hydrogen-bond acceptors (Lipinski definition) is 4. The number of ether oxygens (including phenoxy) is 1. The molecule has 4 nitrogen and oxygen atoms in total. The van der Waals surface area contributed by atoms with E-state index in [0.29, 0.717) is 22.9 Å². The molecule has 1 aromatic rings. The second-order valence-corrected chi connectivity index (χ2v) is 6.97. The van der Waals surface area contributed by atoms with Gasteiger partial charge in [-0.05, 0) is 37.2 Å². The van der Waals surface area contributed by atoms with Crippen molar-refractivity contribution in [2.45, 2.75) is 58.8 Å². The average Bonchev–Trinajstić information content (AvgIpc) is 2.88. The minimum Gasteiger partial charge on any atom is -0.465 e. The van der Waals surface area contributed by atoms with Crippen LogP contribution >= 0.6 is 11.3 Å². The van der Waals surface area contributed by atoms with E-state index in [2.05, 4.69) is 19.2 Å². The number of hydrogen-bond donors (Lipinski definition) is 1. The van der Waals surface area contributed by atoms with Crippen molar-refractivity contribution in [1.82, 2.24) is 0 Å². The van der Waals surface area contributed by atoms with Crippen molar-refractivity contribution >= 4 is 28.2 Å². The van der Waals surface area contributed by atoms with Gasteiger partial charge in [0, 0.05) is 11.3 Å². The standard InChI is InChI=1S/C17H25NO3S/c1-4-6-7-14(19)18-16-15(17(20)21-3)12-9-8-11(5-2)10-13(12)22-16/h11H,4-10H2,1-3H3,(H,18,19)/t11-/m1/s1. The highest BCUT2D eigenvalue weighted by atomic mass is 32.1. The van der Waals surface area contributed by atoms with Gasteiger partial charge in [0.15, 0.2) is 0 Å². The molecule has 0 radical (unpaired) electrons. The molecular formula is C17H25NO3S. The van der Waals surface area contributed by atoms with Crippen LogP contribution in [0.3, 0.4) is 0 Å². The second-order valence-electron chi connectivity index (χ2n) is 5.87. The fourth-order valence-electron chi connectivity index (χ4n) is 2.94. The molecule has 1 N–H and O–H groups in total.